The van der Waals surface area contributed by atoms with E-state index in [1.54, 1.807) is 15.6 Å². The Morgan fingerprint density at radius 1 is 1.25 bits per heavy atom. The van der Waals surface area contributed by atoms with Gasteiger partial charge in [0.2, 0.25) is 5.91 Å². The second kappa shape index (κ2) is 7.79. The van der Waals surface area contributed by atoms with Crippen molar-refractivity contribution >= 4 is 5.91 Å². The van der Waals surface area contributed by atoms with E-state index in [-0.39, 0.29) is 18.1 Å². The molecule has 1 aliphatic rings. The lowest BCUT2D eigenvalue weighted by Crippen LogP contribution is -2.40. The van der Waals surface area contributed by atoms with Gasteiger partial charge in [-0.15, -0.1) is 0 Å². The molecule has 0 radical (unpaired) electrons. The maximum absolute atomic E-state index is 12.4. The van der Waals surface area contributed by atoms with Crippen LogP contribution in [0.5, 0.6) is 0 Å². The van der Waals surface area contributed by atoms with Gasteiger partial charge in [-0.05, 0) is 37.3 Å². The molecule has 1 aliphatic heterocycles. The van der Waals surface area contributed by atoms with Gasteiger partial charge in [0, 0.05) is 19.5 Å². The Morgan fingerprint density at radius 3 is 2.75 bits per heavy atom. The summed E-state index contributed by atoms with van der Waals surface area (Å²) in [4.78, 5) is 30.4. The predicted molar refractivity (Wildman–Crippen MR) is 102 cm³/mol. The Hall–Kier alpha value is -3.23. The first-order chi connectivity index (χ1) is 13.6. The summed E-state index contributed by atoms with van der Waals surface area (Å²) in [6.45, 7) is 3.61. The van der Waals surface area contributed by atoms with Crippen molar-refractivity contribution in [2.75, 3.05) is 13.1 Å². The molecule has 0 atom stereocenters. The lowest BCUT2D eigenvalue weighted by molar-refractivity contribution is -0.133. The molecule has 1 amide bonds. The van der Waals surface area contributed by atoms with Crippen molar-refractivity contribution in [3.8, 4) is 5.69 Å². The van der Waals surface area contributed by atoms with Crippen LogP contribution in [-0.2, 0) is 17.8 Å². The first-order valence-electron chi connectivity index (χ1n) is 9.44. The van der Waals surface area contributed by atoms with Gasteiger partial charge in [0.05, 0.1) is 5.69 Å². The Labute approximate surface area is 162 Å². The van der Waals surface area contributed by atoms with Crippen LogP contribution >= 0.6 is 0 Å². The number of nitrogens with zero attached hydrogens (tertiary/aromatic N) is 6. The van der Waals surface area contributed by atoms with Crippen molar-refractivity contribution in [2.24, 2.45) is 5.92 Å². The van der Waals surface area contributed by atoms with Crippen LogP contribution in [0.2, 0.25) is 0 Å². The van der Waals surface area contributed by atoms with Crippen molar-refractivity contribution in [1.29, 1.82) is 0 Å². The molecule has 146 valence electrons. The van der Waals surface area contributed by atoms with E-state index < -0.39 is 0 Å². The fourth-order valence-electron chi connectivity index (χ4n) is 3.73. The van der Waals surface area contributed by atoms with Gasteiger partial charge in [-0.2, -0.15) is 10.2 Å². The third-order valence-electron chi connectivity index (χ3n) is 5.30. The number of piperidine rings is 1. The summed E-state index contributed by atoms with van der Waals surface area (Å²) in [7, 11) is 0. The van der Waals surface area contributed by atoms with Gasteiger partial charge in [-0.1, -0.05) is 18.2 Å². The molecule has 1 aromatic carbocycles. The molecule has 0 saturated carbocycles. The van der Waals surface area contributed by atoms with E-state index in [4.69, 9.17) is 0 Å². The number of nitrogens with one attached hydrogen (secondary N) is 1. The van der Waals surface area contributed by atoms with Gasteiger partial charge >= 0.3 is 5.69 Å². The van der Waals surface area contributed by atoms with Gasteiger partial charge < -0.3 is 4.90 Å². The Morgan fingerprint density at radius 2 is 2.04 bits per heavy atom. The number of hydrogen-bond acceptors (Lipinski definition) is 5. The minimum Gasteiger partial charge on any atom is -0.341 e. The summed E-state index contributed by atoms with van der Waals surface area (Å²) in [5.74, 6) is 1.18. The number of amides is 1. The SMILES string of the molecule is Cc1ccccc1-n1c(CC2CCN(C(=O)Cn3cncn3)CC2)n[nH]c1=O. The molecule has 0 aliphatic carbocycles. The second-order valence-corrected chi connectivity index (χ2v) is 7.19. The molecule has 0 spiro atoms. The highest BCUT2D eigenvalue weighted by atomic mass is 16.2. The van der Waals surface area contributed by atoms with Crippen LogP contribution in [0, 0.1) is 12.8 Å². The van der Waals surface area contributed by atoms with E-state index in [0.717, 1.165) is 29.9 Å². The number of hydrogen-bond donors (Lipinski definition) is 1. The number of carbonyl (C=O) groups excluding carboxylic acids is 1. The van der Waals surface area contributed by atoms with Crippen LogP contribution in [0.25, 0.3) is 5.69 Å². The zero-order chi connectivity index (χ0) is 19.5. The molecular formula is C19H23N7O2. The molecule has 3 aromatic rings. The maximum Gasteiger partial charge on any atom is 0.347 e. The van der Waals surface area contributed by atoms with Gasteiger partial charge in [0.15, 0.2) is 0 Å². The lowest BCUT2D eigenvalue weighted by Gasteiger charge is -2.31. The third-order valence-corrected chi connectivity index (χ3v) is 5.30. The molecule has 28 heavy (non-hydrogen) atoms. The van der Waals surface area contributed by atoms with Gasteiger partial charge in [0.25, 0.3) is 0 Å². The van der Waals surface area contributed by atoms with Crippen LogP contribution in [-0.4, -0.2) is 53.4 Å². The first kappa shape index (κ1) is 18.1. The van der Waals surface area contributed by atoms with E-state index in [9.17, 15) is 9.59 Å². The van der Waals surface area contributed by atoms with Crippen molar-refractivity contribution in [2.45, 2.75) is 32.7 Å². The van der Waals surface area contributed by atoms with Gasteiger partial charge in [-0.3, -0.25) is 4.79 Å². The minimum atomic E-state index is -0.218. The number of rotatable bonds is 5. The molecule has 9 nitrogen and oxygen atoms in total. The Kier molecular flexibility index (Phi) is 5.05. The number of carbonyl (C=O) groups is 1. The largest absolute Gasteiger partial charge is 0.347 e. The van der Waals surface area contributed by atoms with E-state index in [0.29, 0.717) is 25.4 Å². The number of likely N-dealkylation sites (tertiary alicyclic amines) is 1. The lowest BCUT2D eigenvalue weighted by atomic mass is 9.93. The van der Waals surface area contributed by atoms with Gasteiger partial charge in [-0.25, -0.2) is 24.1 Å². The number of benzene rings is 1. The first-order valence-corrected chi connectivity index (χ1v) is 9.44. The highest BCUT2D eigenvalue weighted by Gasteiger charge is 2.25. The average Bonchev–Trinajstić information content (AvgIpc) is 3.33. The Balaban J connectivity index is 1.40. The summed E-state index contributed by atoms with van der Waals surface area (Å²) < 4.78 is 3.20. The average molecular weight is 381 g/mol. The third kappa shape index (κ3) is 3.73. The van der Waals surface area contributed by atoms with Crippen LogP contribution < -0.4 is 5.69 Å². The number of aromatic amines is 1. The van der Waals surface area contributed by atoms with Crippen LogP contribution in [0.15, 0.2) is 41.7 Å². The normalized spacial score (nSPS) is 15.1. The second-order valence-electron chi connectivity index (χ2n) is 7.19. The van der Waals surface area contributed by atoms with Gasteiger partial charge in [0.1, 0.15) is 25.0 Å². The molecule has 1 N–H and O–H groups in total. The topological polar surface area (TPSA) is 102 Å². The Bertz CT molecular complexity index is 997. The summed E-state index contributed by atoms with van der Waals surface area (Å²) in [5, 5.41) is 10.8. The van der Waals surface area contributed by atoms with Crippen LogP contribution in [0.1, 0.15) is 24.2 Å². The quantitative estimate of drug-likeness (QED) is 0.709. The molecular weight excluding hydrogens is 358 g/mol. The zero-order valence-corrected chi connectivity index (χ0v) is 15.8. The highest BCUT2D eigenvalue weighted by molar-refractivity contribution is 5.75. The van der Waals surface area contributed by atoms with E-state index in [1.165, 1.54) is 6.33 Å². The standard InChI is InChI=1S/C19H23N7O2/c1-14-4-2-3-5-16(14)26-17(22-23-19(26)28)10-15-6-8-24(9-7-15)18(27)11-25-13-20-12-21-25/h2-5,12-13,15H,6-11H2,1H3,(H,23,28). The smallest absolute Gasteiger partial charge is 0.341 e. The number of para-hydroxylation sites is 1. The van der Waals surface area contributed by atoms with E-state index >= 15 is 0 Å². The van der Waals surface area contributed by atoms with Crippen molar-refractivity contribution < 1.29 is 4.79 Å². The molecule has 0 unspecified atom stereocenters. The monoisotopic (exact) mass is 381 g/mol. The predicted octanol–water partition coefficient (Wildman–Crippen LogP) is 0.942. The fourth-order valence-corrected chi connectivity index (χ4v) is 3.73. The van der Waals surface area contributed by atoms with Crippen LogP contribution in [0.3, 0.4) is 0 Å². The molecule has 2 aromatic heterocycles. The molecule has 4 rings (SSSR count). The van der Waals surface area contributed by atoms with E-state index in [1.807, 2.05) is 36.1 Å². The van der Waals surface area contributed by atoms with Crippen molar-refractivity contribution in [3.05, 3.63) is 58.8 Å². The highest BCUT2D eigenvalue weighted by Crippen LogP contribution is 2.22. The number of aromatic nitrogens is 6. The molecule has 3 heterocycles. The summed E-state index contributed by atoms with van der Waals surface area (Å²) >= 11 is 0. The molecule has 0 bridgehead atoms. The van der Waals surface area contributed by atoms with E-state index in [2.05, 4.69) is 20.3 Å². The summed E-state index contributed by atoms with van der Waals surface area (Å²) in [5.41, 5.74) is 1.67. The minimum absolute atomic E-state index is 0.0561. The summed E-state index contributed by atoms with van der Waals surface area (Å²) in [6.07, 6.45) is 5.46. The van der Waals surface area contributed by atoms with Crippen molar-refractivity contribution in [3.63, 3.8) is 0 Å². The van der Waals surface area contributed by atoms with Crippen LogP contribution in [0.4, 0.5) is 0 Å². The maximum atomic E-state index is 12.4. The zero-order valence-electron chi connectivity index (χ0n) is 15.8. The number of H-pyrrole nitrogens is 1. The van der Waals surface area contributed by atoms with Crippen molar-refractivity contribution in [1.82, 2.24) is 34.4 Å². The molecule has 1 saturated heterocycles. The number of aryl methyl sites for hydroxylation is 1. The molecule has 9 heteroatoms. The summed E-state index contributed by atoms with van der Waals surface area (Å²) in [6, 6.07) is 7.79. The fraction of sp³-hybridized carbons (Fsp3) is 0.421. The molecule has 1 fully saturated rings.